The van der Waals surface area contributed by atoms with Gasteiger partial charge in [0.1, 0.15) is 0 Å². The lowest BCUT2D eigenvalue weighted by atomic mass is 9.83. The van der Waals surface area contributed by atoms with Crippen molar-refractivity contribution in [3.63, 3.8) is 0 Å². The van der Waals surface area contributed by atoms with Crippen LogP contribution >= 0.6 is 0 Å². The molecule has 0 radical (unpaired) electrons. The standard InChI is InChI=1S/C18H31N5O6/c24-21(25)15-11-16(22(26)27)18(17(12-15)23(28)29)19-20(13-7-3-1-4-8-13)14-9-5-2-6-10-14/h13-19H,1-12H2. The van der Waals surface area contributed by atoms with Gasteiger partial charge in [-0.15, -0.1) is 0 Å². The molecular weight excluding hydrogens is 382 g/mol. The van der Waals surface area contributed by atoms with Gasteiger partial charge in [-0.2, -0.15) is 0 Å². The van der Waals surface area contributed by atoms with E-state index >= 15 is 0 Å². The van der Waals surface area contributed by atoms with Crippen LogP contribution in [-0.2, 0) is 0 Å². The minimum Gasteiger partial charge on any atom is -0.264 e. The van der Waals surface area contributed by atoms with Gasteiger partial charge in [0, 0.05) is 26.9 Å². The molecule has 0 heterocycles. The van der Waals surface area contributed by atoms with Gasteiger partial charge in [-0.25, -0.2) is 10.4 Å². The van der Waals surface area contributed by atoms with Crippen LogP contribution in [0.4, 0.5) is 0 Å². The van der Waals surface area contributed by atoms with E-state index in [2.05, 4.69) is 10.4 Å². The predicted molar refractivity (Wildman–Crippen MR) is 104 cm³/mol. The Morgan fingerprint density at radius 1 is 0.655 bits per heavy atom. The molecule has 0 aromatic carbocycles. The van der Waals surface area contributed by atoms with Crippen molar-refractivity contribution in [3.05, 3.63) is 30.3 Å². The Kier molecular flexibility index (Phi) is 7.33. The lowest BCUT2D eigenvalue weighted by Crippen LogP contribution is -2.66. The van der Waals surface area contributed by atoms with Gasteiger partial charge in [-0.3, -0.25) is 30.3 Å². The van der Waals surface area contributed by atoms with Gasteiger partial charge in [0.25, 0.3) is 0 Å². The lowest BCUT2D eigenvalue weighted by Gasteiger charge is -2.44. The quantitative estimate of drug-likeness (QED) is 0.495. The summed E-state index contributed by atoms with van der Waals surface area (Å²) in [5.41, 5.74) is 3.25. The highest BCUT2D eigenvalue weighted by atomic mass is 16.6. The van der Waals surface area contributed by atoms with Crippen molar-refractivity contribution in [1.29, 1.82) is 0 Å². The average Bonchev–Trinajstić information content (AvgIpc) is 2.72. The van der Waals surface area contributed by atoms with Crippen molar-refractivity contribution < 1.29 is 14.8 Å². The van der Waals surface area contributed by atoms with E-state index in [0.29, 0.717) is 0 Å². The van der Waals surface area contributed by atoms with Crippen molar-refractivity contribution in [1.82, 2.24) is 10.4 Å². The summed E-state index contributed by atoms with van der Waals surface area (Å²) in [5.74, 6) is 0. The average molecular weight is 413 g/mol. The summed E-state index contributed by atoms with van der Waals surface area (Å²) in [6, 6.07) is -4.55. The third-order valence-corrected chi connectivity index (χ3v) is 6.93. The molecule has 29 heavy (non-hydrogen) atoms. The maximum absolute atomic E-state index is 11.7. The highest BCUT2D eigenvalue weighted by molar-refractivity contribution is 4.94. The van der Waals surface area contributed by atoms with Crippen LogP contribution in [0.5, 0.6) is 0 Å². The third-order valence-electron chi connectivity index (χ3n) is 6.93. The molecule has 0 bridgehead atoms. The van der Waals surface area contributed by atoms with E-state index in [1.54, 1.807) is 0 Å². The zero-order valence-corrected chi connectivity index (χ0v) is 16.7. The summed E-state index contributed by atoms with van der Waals surface area (Å²) < 4.78 is 0. The second-order valence-corrected chi connectivity index (χ2v) is 8.76. The lowest BCUT2D eigenvalue weighted by molar-refractivity contribution is -0.610. The summed E-state index contributed by atoms with van der Waals surface area (Å²) >= 11 is 0. The first-order valence-corrected chi connectivity index (χ1v) is 10.8. The van der Waals surface area contributed by atoms with Crippen LogP contribution in [0.2, 0.25) is 0 Å². The number of nitrogens with zero attached hydrogens (tertiary/aromatic N) is 4. The maximum atomic E-state index is 11.7. The predicted octanol–water partition coefficient (Wildman–Crippen LogP) is 2.56. The van der Waals surface area contributed by atoms with Crippen molar-refractivity contribution in [2.24, 2.45) is 0 Å². The fourth-order valence-electron chi connectivity index (χ4n) is 5.38. The first kappa shape index (κ1) is 21.8. The van der Waals surface area contributed by atoms with Gasteiger partial charge in [-0.1, -0.05) is 38.5 Å². The first-order chi connectivity index (χ1) is 13.9. The molecule has 0 amide bonds. The van der Waals surface area contributed by atoms with E-state index in [9.17, 15) is 30.3 Å². The van der Waals surface area contributed by atoms with Crippen molar-refractivity contribution >= 4 is 0 Å². The monoisotopic (exact) mass is 413 g/mol. The zero-order chi connectivity index (χ0) is 21.0. The Labute approximate surface area is 169 Å². The Morgan fingerprint density at radius 3 is 1.41 bits per heavy atom. The van der Waals surface area contributed by atoms with Crippen LogP contribution in [0.1, 0.15) is 77.0 Å². The van der Waals surface area contributed by atoms with Crippen molar-refractivity contribution in [3.8, 4) is 0 Å². The number of nitro groups is 3. The molecule has 0 aromatic heterocycles. The molecule has 0 spiro atoms. The van der Waals surface area contributed by atoms with E-state index in [0.717, 1.165) is 64.2 Å². The molecule has 3 aliphatic carbocycles. The Balaban J connectivity index is 1.86. The molecule has 3 fully saturated rings. The van der Waals surface area contributed by atoms with Gasteiger partial charge < -0.3 is 0 Å². The van der Waals surface area contributed by atoms with E-state index in [-0.39, 0.29) is 24.9 Å². The van der Waals surface area contributed by atoms with Gasteiger partial charge in [0.05, 0.1) is 12.8 Å². The van der Waals surface area contributed by atoms with E-state index in [1.807, 2.05) is 0 Å². The van der Waals surface area contributed by atoms with Crippen molar-refractivity contribution in [2.45, 2.75) is 113 Å². The molecule has 11 nitrogen and oxygen atoms in total. The van der Waals surface area contributed by atoms with E-state index in [1.165, 1.54) is 0 Å². The van der Waals surface area contributed by atoms with Crippen LogP contribution in [0.25, 0.3) is 0 Å². The Bertz CT molecular complexity index is 566. The van der Waals surface area contributed by atoms with Gasteiger partial charge in [0.15, 0.2) is 6.04 Å². The molecule has 164 valence electrons. The Hall–Kier alpha value is -1.88. The molecule has 3 rings (SSSR count). The second kappa shape index (κ2) is 9.75. The minimum absolute atomic E-state index is 0.208. The molecule has 2 unspecified atom stereocenters. The number of rotatable bonds is 7. The van der Waals surface area contributed by atoms with Crippen LogP contribution in [0, 0.1) is 30.3 Å². The summed E-state index contributed by atoms with van der Waals surface area (Å²) in [7, 11) is 0. The number of hydrazine groups is 1. The summed E-state index contributed by atoms with van der Waals surface area (Å²) in [4.78, 5) is 33.0. The SMILES string of the molecule is O=[N+]([O-])C1CC([N+](=O)[O-])C(NN(C2CCCCC2)C2CCCCC2)C([N+](=O)[O-])C1. The molecule has 0 saturated heterocycles. The van der Waals surface area contributed by atoms with Gasteiger partial charge >= 0.3 is 0 Å². The van der Waals surface area contributed by atoms with Crippen LogP contribution < -0.4 is 5.43 Å². The van der Waals surface area contributed by atoms with Crippen LogP contribution in [-0.4, -0.2) is 56.0 Å². The topological polar surface area (TPSA) is 145 Å². The van der Waals surface area contributed by atoms with Gasteiger partial charge in [-0.05, 0) is 25.7 Å². The highest BCUT2D eigenvalue weighted by Gasteiger charge is 2.55. The summed E-state index contributed by atoms with van der Waals surface area (Å²) in [6.45, 7) is 0. The molecule has 1 N–H and O–H groups in total. The normalized spacial score (nSPS) is 32.2. The number of hydrogen-bond acceptors (Lipinski definition) is 8. The summed E-state index contributed by atoms with van der Waals surface area (Å²) in [5, 5.41) is 36.8. The molecular formula is C18H31N5O6. The largest absolute Gasteiger partial charge is 0.264 e. The minimum atomic E-state index is -1.34. The molecule has 3 saturated carbocycles. The number of hydrogen-bond donors (Lipinski definition) is 1. The fraction of sp³-hybridized carbons (Fsp3) is 1.00. The van der Waals surface area contributed by atoms with Crippen LogP contribution in [0.3, 0.4) is 0 Å². The molecule has 11 heteroatoms. The second-order valence-electron chi connectivity index (χ2n) is 8.76. The van der Waals surface area contributed by atoms with E-state index < -0.39 is 38.9 Å². The third kappa shape index (κ3) is 5.19. The molecule has 3 aliphatic rings. The molecule has 0 aromatic rings. The highest BCUT2D eigenvalue weighted by Crippen LogP contribution is 2.32. The molecule has 0 aliphatic heterocycles. The van der Waals surface area contributed by atoms with Gasteiger partial charge in [0.2, 0.25) is 18.1 Å². The van der Waals surface area contributed by atoms with Crippen LogP contribution in [0.15, 0.2) is 0 Å². The number of nitrogens with one attached hydrogen (secondary N) is 1. The maximum Gasteiger partial charge on any atom is 0.242 e. The summed E-state index contributed by atoms with van der Waals surface area (Å²) in [6.07, 6.45) is 10.0. The fourth-order valence-corrected chi connectivity index (χ4v) is 5.38. The smallest absolute Gasteiger partial charge is 0.242 e. The van der Waals surface area contributed by atoms with Crippen molar-refractivity contribution in [2.75, 3.05) is 0 Å². The Morgan fingerprint density at radius 2 is 1.07 bits per heavy atom. The molecule has 2 atom stereocenters. The van der Waals surface area contributed by atoms with E-state index in [4.69, 9.17) is 0 Å². The zero-order valence-electron chi connectivity index (χ0n) is 16.7. The first-order valence-electron chi connectivity index (χ1n) is 10.8.